The summed E-state index contributed by atoms with van der Waals surface area (Å²) in [6.45, 7) is 0.160. The number of rotatable bonds is 6. The molecule has 7 heteroatoms. The van der Waals surface area contributed by atoms with E-state index in [1.54, 1.807) is 24.3 Å². The van der Waals surface area contributed by atoms with Gasteiger partial charge in [-0.05, 0) is 29.8 Å². The summed E-state index contributed by atoms with van der Waals surface area (Å²) < 4.78 is 5.68. The van der Waals surface area contributed by atoms with Gasteiger partial charge in [-0.3, -0.25) is 14.5 Å². The van der Waals surface area contributed by atoms with Crippen molar-refractivity contribution in [1.29, 1.82) is 0 Å². The molecule has 0 bridgehead atoms. The number of likely N-dealkylation sites (N-methyl/N-ethyl adjacent to an activating group) is 1. The molecule has 2 aromatic carbocycles. The van der Waals surface area contributed by atoms with E-state index in [4.69, 9.17) is 4.74 Å². The molecule has 4 amide bonds. The van der Waals surface area contributed by atoms with Crippen LogP contribution in [0.3, 0.4) is 0 Å². The lowest BCUT2D eigenvalue weighted by atomic mass is 10.2. The van der Waals surface area contributed by atoms with Gasteiger partial charge >= 0.3 is 6.03 Å². The molecule has 0 unspecified atom stereocenters. The highest BCUT2D eigenvalue weighted by Gasteiger charge is 2.34. The molecule has 1 heterocycles. The van der Waals surface area contributed by atoms with Gasteiger partial charge in [-0.1, -0.05) is 30.3 Å². The molecule has 1 aliphatic heterocycles. The summed E-state index contributed by atoms with van der Waals surface area (Å²) in [6.07, 6.45) is 0. The van der Waals surface area contributed by atoms with E-state index >= 15 is 0 Å². The number of ether oxygens (including phenoxy) is 1. The second-order valence-electron chi connectivity index (χ2n) is 5.97. The van der Waals surface area contributed by atoms with Gasteiger partial charge in [0.05, 0.1) is 0 Å². The Morgan fingerprint density at radius 3 is 2.38 bits per heavy atom. The quantitative estimate of drug-likeness (QED) is 0.807. The monoisotopic (exact) mass is 353 g/mol. The average molecular weight is 353 g/mol. The highest BCUT2D eigenvalue weighted by molar-refractivity contribution is 6.06. The highest BCUT2D eigenvalue weighted by atomic mass is 16.5. The van der Waals surface area contributed by atoms with Crippen molar-refractivity contribution in [3.05, 3.63) is 60.2 Å². The van der Waals surface area contributed by atoms with Crippen LogP contribution in [0.25, 0.3) is 0 Å². The van der Waals surface area contributed by atoms with E-state index in [9.17, 15) is 14.4 Å². The Hall–Kier alpha value is -3.35. The van der Waals surface area contributed by atoms with E-state index in [2.05, 4.69) is 5.32 Å². The van der Waals surface area contributed by atoms with Crippen LogP contribution >= 0.6 is 0 Å². The van der Waals surface area contributed by atoms with Crippen molar-refractivity contribution >= 4 is 23.5 Å². The van der Waals surface area contributed by atoms with Crippen molar-refractivity contribution in [2.45, 2.75) is 6.61 Å². The van der Waals surface area contributed by atoms with E-state index in [0.717, 1.165) is 10.5 Å². The van der Waals surface area contributed by atoms with Crippen molar-refractivity contribution in [1.82, 2.24) is 9.80 Å². The number of urea groups is 1. The van der Waals surface area contributed by atoms with Gasteiger partial charge in [0.1, 0.15) is 25.4 Å². The lowest BCUT2D eigenvalue weighted by Crippen LogP contribution is -2.38. The van der Waals surface area contributed by atoms with Crippen molar-refractivity contribution in [3.63, 3.8) is 0 Å². The first kappa shape index (κ1) is 17.5. The number of imide groups is 1. The molecule has 0 saturated carbocycles. The number of nitrogens with zero attached hydrogens (tertiary/aromatic N) is 2. The molecule has 2 aromatic rings. The second kappa shape index (κ2) is 7.69. The summed E-state index contributed by atoms with van der Waals surface area (Å²) in [4.78, 5) is 37.7. The molecule has 1 fully saturated rings. The number of anilines is 1. The highest BCUT2D eigenvalue weighted by Crippen LogP contribution is 2.17. The van der Waals surface area contributed by atoms with Crippen LogP contribution in [-0.2, 0) is 16.2 Å². The maximum absolute atomic E-state index is 12.1. The van der Waals surface area contributed by atoms with Crippen molar-refractivity contribution < 1.29 is 19.1 Å². The fraction of sp³-hybridized carbons (Fsp3) is 0.211. The van der Waals surface area contributed by atoms with E-state index in [1.165, 1.54) is 11.9 Å². The third-order valence-corrected chi connectivity index (χ3v) is 3.92. The molecule has 3 rings (SSSR count). The molecule has 7 nitrogen and oxygen atoms in total. The maximum atomic E-state index is 12.1. The van der Waals surface area contributed by atoms with Gasteiger partial charge in [0, 0.05) is 12.7 Å². The summed E-state index contributed by atoms with van der Waals surface area (Å²) >= 11 is 0. The fourth-order valence-electron chi connectivity index (χ4n) is 2.54. The lowest BCUT2D eigenvalue weighted by molar-refractivity contribution is -0.129. The Morgan fingerprint density at radius 1 is 1.08 bits per heavy atom. The predicted octanol–water partition coefficient (Wildman–Crippen LogP) is 2.10. The molecule has 0 radical (unpaired) electrons. The Bertz CT molecular complexity index is 805. The van der Waals surface area contributed by atoms with Gasteiger partial charge in [0.15, 0.2) is 0 Å². The van der Waals surface area contributed by atoms with E-state index < -0.39 is 11.9 Å². The Morgan fingerprint density at radius 2 is 1.77 bits per heavy atom. The zero-order chi connectivity index (χ0) is 18.5. The summed E-state index contributed by atoms with van der Waals surface area (Å²) in [5, 5.41) is 2.67. The second-order valence-corrected chi connectivity index (χ2v) is 5.97. The Labute approximate surface area is 151 Å². The average Bonchev–Trinajstić information content (AvgIpc) is 2.88. The van der Waals surface area contributed by atoms with Crippen LogP contribution in [0.1, 0.15) is 5.56 Å². The van der Waals surface area contributed by atoms with E-state index in [0.29, 0.717) is 18.0 Å². The molecule has 134 valence electrons. The SMILES string of the molecule is CN1CC(=O)N(CC(=O)Nc2ccc(OCc3ccccc3)cc2)C1=O. The molecule has 0 atom stereocenters. The van der Waals surface area contributed by atoms with Gasteiger partial charge in [-0.15, -0.1) is 0 Å². The van der Waals surface area contributed by atoms with Gasteiger partial charge < -0.3 is 15.0 Å². The number of amides is 4. The molecule has 1 aliphatic rings. The van der Waals surface area contributed by atoms with Crippen LogP contribution in [0.15, 0.2) is 54.6 Å². The van der Waals surface area contributed by atoms with Gasteiger partial charge in [-0.2, -0.15) is 0 Å². The number of carbonyl (C=O) groups is 3. The largest absolute Gasteiger partial charge is 0.489 e. The summed E-state index contributed by atoms with van der Waals surface area (Å²) in [5.41, 5.74) is 1.63. The fourth-order valence-corrected chi connectivity index (χ4v) is 2.54. The van der Waals surface area contributed by atoms with Crippen LogP contribution < -0.4 is 10.1 Å². The normalized spacial score (nSPS) is 13.9. The third kappa shape index (κ3) is 4.18. The summed E-state index contributed by atoms with van der Waals surface area (Å²) in [5.74, 6) is -0.129. The van der Waals surface area contributed by atoms with E-state index in [-0.39, 0.29) is 19.0 Å². The number of benzene rings is 2. The van der Waals surface area contributed by atoms with Gasteiger partial charge in [-0.25, -0.2) is 4.79 Å². The first-order valence-electron chi connectivity index (χ1n) is 8.15. The van der Waals surface area contributed by atoms with Crippen LogP contribution in [0, 0.1) is 0 Å². The minimum Gasteiger partial charge on any atom is -0.489 e. The topological polar surface area (TPSA) is 79.0 Å². The standard InChI is InChI=1S/C19H19N3O4/c1-21-12-18(24)22(19(21)25)11-17(23)20-15-7-9-16(10-8-15)26-13-14-5-3-2-4-6-14/h2-10H,11-13H2,1H3,(H,20,23). The van der Waals surface area contributed by atoms with E-state index in [1.807, 2.05) is 30.3 Å². The molecule has 1 N–H and O–H groups in total. The van der Waals surface area contributed by atoms with Gasteiger partial charge in [0.2, 0.25) is 5.91 Å². The molecular weight excluding hydrogens is 334 g/mol. The zero-order valence-corrected chi connectivity index (χ0v) is 14.3. The van der Waals surface area contributed by atoms with Gasteiger partial charge in [0.25, 0.3) is 5.91 Å². The third-order valence-electron chi connectivity index (χ3n) is 3.92. The smallest absolute Gasteiger partial charge is 0.327 e. The summed E-state index contributed by atoms with van der Waals surface area (Å²) in [6, 6.07) is 16.3. The van der Waals surface area contributed by atoms with Crippen LogP contribution in [0.2, 0.25) is 0 Å². The van der Waals surface area contributed by atoms with Crippen molar-refractivity contribution in [3.8, 4) is 5.75 Å². The molecular formula is C19H19N3O4. The first-order valence-corrected chi connectivity index (χ1v) is 8.15. The number of hydrogen-bond acceptors (Lipinski definition) is 4. The van der Waals surface area contributed by atoms with Crippen LogP contribution in [0.5, 0.6) is 5.75 Å². The Balaban J connectivity index is 1.51. The van der Waals surface area contributed by atoms with Crippen LogP contribution in [-0.4, -0.2) is 47.8 Å². The zero-order valence-electron chi connectivity index (χ0n) is 14.3. The molecule has 0 spiro atoms. The minimum atomic E-state index is -0.463. The maximum Gasteiger partial charge on any atom is 0.327 e. The predicted molar refractivity (Wildman–Crippen MR) is 95.6 cm³/mol. The van der Waals surface area contributed by atoms with Crippen molar-refractivity contribution in [2.24, 2.45) is 0 Å². The lowest BCUT2D eigenvalue weighted by Gasteiger charge is -2.14. The Kier molecular flexibility index (Phi) is 5.17. The van der Waals surface area contributed by atoms with Crippen molar-refractivity contribution in [2.75, 3.05) is 25.5 Å². The summed E-state index contributed by atoms with van der Waals surface area (Å²) in [7, 11) is 1.52. The number of nitrogens with one attached hydrogen (secondary N) is 1. The minimum absolute atomic E-state index is 0.000433. The van der Waals surface area contributed by atoms with Crippen LogP contribution in [0.4, 0.5) is 10.5 Å². The number of hydrogen-bond donors (Lipinski definition) is 1. The molecule has 0 aromatic heterocycles. The molecule has 0 aliphatic carbocycles. The molecule has 1 saturated heterocycles. The number of carbonyl (C=O) groups excluding carboxylic acids is 3. The molecule has 26 heavy (non-hydrogen) atoms. The first-order chi connectivity index (χ1) is 12.5.